The number of methoxy groups -OCH3 is 1. The van der Waals surface area contributed by atoms with Gasteiger partial charge in [-0.25, -0.2) is 4.68 Å². The molecule has 0 atom stereocenters. The Hall–Kier alpha value is -1.72. The zero-order valence-corrected chi connectivity index (χ0v) is 11.7. The molecule has 0 amide bonds. The summed E-state index contributed by atoms with van der Waals surface area (Å²) < 4.78 is 7.11. The topological polar surface area (TPSA) is 52.0 Å². The fraction of sp³-hybridized carbons (Fsp3) is 0.467. The van der Waals surface area contributed by atoms with E-state index in [-0.39, 0.29) is 0 Å². The monoisotopic (exact) mass is 272 g/mol. The van der Waals surface area contributed by atoms with Crippen LogP contribution in [-0.4, -0.2) is 34.8 Å². The second-order valence-corrected chi connectivity index (χ2v) is 5.16. The molecular formula is C15H20N4O. The molecule has 2 aromatic rings. The van der Waals surface area contributed by atoms with Gasteiger partial charge in [0.2, 0.25) is 0 Å². The van der Waals surface area contributed by atoms with Crippen molar-refractivity contribution >= 4 is 0 Å². The van der Waals surface area contributed by atoms with E-state index in [4.69, 9.17) is 4.74 Å². The van der Waals surface area contributed by atoms with Gasteiger partial charge in [-0.15, -0.1) is 5.10 Å². The van der Waals surface area contributed by atoms with Gasteiger partial charge in [0.15, 0.2) is 0 Å². The summed E-state index contributed by atoms with van der Waals surface area (Å²) in [5.41, 5.74) is 3.42. The zero-order chi connectivity index (χ0) is 13.8. The zero-order valence-electron chi connectivity index (χ0n) is 11.7. The molecule has 0 saturated heterocycles. The Balaban J connectivity index is 1.82. The number of para-hydroxylation sites is 1. The van der Waals surface area contributed by atoms with Crippen molar-refractivity contribution in [1.29, 1.82) is 0 Å². The Morgan fingerprint density at radius 2 is 2.20 bits per heavy atom. The molecule has 0 unspecified atom stereocenters. The van der Waals surface area contributed by atoms with Gasteiger partial charge in [-0.2, -0.15) is 0 Å². The lowest BCUT2D eigenvalue weighted by Gasteiger charge is -2.11. The van der Waals surface area contributed by atoms with Gasteiger partial charge < -0.3 is 10.1 Å². The first-order chi connectivity index (χ1) is 9.88. The molecule has 0 spiro atoms. The van der Waals surface area contributed by atoms with Gasteiger partial charge >= 0.3 is 0 Å². The third-order valence-electron chi connectivity index (χ3n) is 3.56. The third-order valence-corrected chi connectivity index (χ3v) is 3.56. The molecule has 3 rings (SSSR count). The van der Waals surface area contributed by atoms with Gasteiger partial charge in [0.05, 0.1) is 24.2 Å². The van der Waals surface area contributed by atoms with Gasteiger partial charge in [0, 0.05) is 19.7 Å². The second-order valence-electron chi connectivity index (χ2n) is 5.16. The van der Waals surface area contributed by atoms with E-state index in [0.717, 1.165) is 24.3 Å². The van der Waals surface area contributed by atoms with E-state index in [0.29, 0.717) is 12.6 Å². The van der Waals surface area contributed by atoms with Crippen LogP contribution in [-0.2, 0) is 17.7 Å². The van der Waals surface area contributed by atoms with E-state index in [9.17, 15) is 0 Å². The van der Waals surface area contributed by atoms with Gasteiger partial charge in [-0.05, 0) is 30.9 Å². The SMILES string of the molecule is COCCc1ccccc1-n1nncc1CNC1CC1. The van der Waals surface area contributed by atoms with Crippen molar-refractivity contribution in [2.24, 2.45) is 0 Å². The van der Waals surface area contributed by atoms with E-state index in [2.05, 4.69) is 27.8 Å². The lowest BCUT2D eigenvalue weighted by atomic mass is 10.1. The highest BCUT2D eigenvalue weighted by Crippen LogP contribution is 2.20. The largest absolute Gasteiger partial charge is 0.384 e. The van der Waals surface area contributed by atoms with Crippen LogP contribution in [0.25, 0.3) is 5.69 Å². The minimum absolute atomic E-state index is 0.682. The van der Waals surface area contributed by atoms with Crippen molar-refractivity contribution in [3.05, 3.63) is 41.7 Å². The van der Waals surface area contributed by atoms with E-state index in [1.807, 2.05) is 23.0 Å². The van der Waals surface area contributed by atoms with Crippen molar-refractivity contribution in [1.82, 2.24) is 20.3 Å². The fourth-order valence-electron chi connectivity index (χ4n) is 2.26. The molecule has 1 aliphatic rings. The number of nitrogens with zero attached hydrogens (tertiary/aromatic N) is 3. The molecule has 0 bridgehead atoms. The van der Waals surface area contributed by atoms with Crippen molar-refractivity contribution in [2.45, 2.75) is 31.8 Å². The average Bonchev–Trinajstić information content (AvgIpc) is 3.20. The molecule has 1 aromatic carbocycles. The van der Waals surface area contributed by atoms with Crippen LogP contribution in [0, 0.1) is 0 Å². The van der Waals surface area contributed by atoms with Crippen molar-refractivity contribution in [3.63, 3.8) is 0 Å². The van der Waals surface area contributed by atoms with Crippen LogP contribution in [0.1, 0.15) is 24.1 Å². The van der Waals surface area contributed by atoms with Gasteiger partial charge in [-0.1, -0.05) is 23.4 Å². The fourth-order valence-corrected chi connectivity index (χ4v) is 2.26. The highest BCUT2D eigenvalue weighted by Gasteiger charge is 2.21. The maximum Gasteiger partial charge on any atom is 0.0783 e. The molecule has 1 saturated carbocycles. The van der Waals surface area contributed by atoms with E-state index in [1.54, 1.807) is 7.11 Å². The Bertz CT molecular complexity index is 563. The molecule has 1 aliphatic carbocycles. The molecule has 5 nitrogen and oxygen atoms in total. The number of rotatable bonds is 7. The lowest BCUT2D eigenvalue weighted by Crippen LogP contribution is -2.18. The van der Waals surface area contributed by atoms with E-state index < -0.39 is 0 Å². The molecule has 5 heteroatoms. The Kier molecular flexibility index (Phi) is 4.08. The first-order valence-electron chi connectivity index (χ1n) is 7.08. The van der Waals surface area contributed by atoms with Crippen LogP contribution in [0.15, 0.2) is 30.5 Å². The molecule has 1 heterocycles. The van der Waals surface area contributed by atoms with E-state index >= 15 is 0 Å². The number of aromatic nitrogens is 3. The molecule has 106 valence electrons. The van der Waals surface area contributed by atoms with Crippen LogP contribution >= 0.6 is 0 Å². The molecule has 1 fully saturated rings. The predicted molar refractivity (Wildman–Crippen MR) is 76.8 cm³/mol. The average molecular weight is 272 g/mol. The predicted octanol–water partition coefficient (Wildman–Crippen LogP) is 1.71. The summed E-state index contributed by atoms with van der Waals surface area (Å²) in [5, 5.41) is 11.8. The summed E-state index contributed by atoms with van der Waals surface area (Å²) in [5.74, 6) is 0. The molecule has 1 N–H and O–H groups in total. The van der Waals surface area contributed by atoms with Gasteiger partial charge in [0.25, 0.3) is 0 Å². The summed E-state index contributed by atoms with van der Waals surface area (Å²) in [6, 6.07) is 8.97. The van der Waals surface area contributed by atoms with Crippen LogP contribution in [0.4, 0.5) is 0 Å². The second kappa shape index (κ2) is 6.15. The van der Waals surface area contributed by atoms with Crippen LogP contribution in [0.5, 0.6) is 0 Å². The summed E-state index contributed by atoms with van der Waals surface area (Å²) in [7, 11) is 1.73. The number of nitrogens with one attached hydrogen (secondary N) is 1. The van der Waals surface area contributed by atoms with Crippen molar-refractivity contribution < 1.29 is 4.74 Å². The lowest BCUT2D eigenvalue weighted by molar-refractivity contribution is 0.202. The van der Waals surface area contributed by atoms with Crippen molar-refractivity contribution in [2.75, 3.05) is 13.7 Å². The van der Waals surface area contributed by atoms with E-state index in [1.165, 1.54) is 18.4 Å². The van der Waals surface area contributed by atoms with Crippen LogP contribution in [0.2, 0.25) is 0 Å². The maximum absolute atomic E-state index is 5.18. The third kappa shape index (κ3) is 3.05. The summed E-state index contributed by atoms with van der Waals surface area (Å²) in [4.78, 5) is 0. The Morgan fingerprint density at radius 3 is 3.00 bits per heavy atom. The van der Waals surface area contributed by atoms with Crippen molar-refractivity contribution in [3.8, 4) is 5.69 Å². The molecule has 20 heavy (non-hydrogen) atoms. The first kappa shape index (κ1) is 13.3. The highest BCUT2D eigenvalue weighted by molar-refractivity contribution is 5.41. The maximum atomic E-state index is 5.18. The summed E-state index contributed by atoms with van der Waals surface area (Å²) in [6.07, 6.45) is 5.28. The van der Waals surface area contributed by atoms with Gasteiger partial charge in [-0.3, -0.25) is 0 Å². The summed E-state index contributed by atoms with van der Waals surface area (Å²) >= 11 is 0. The molecule has 0 aliphatic heterocycles. The van der Waals surface area contributed by atoms with Gasteiger partial charge in [0.1, 0.15) is 0 Å². The quantitative estimate of drug-likeness (QED) is 0.833. The number of hydrogen-bond donors (Lipinski definition) is 1. The minimum Gasteiger partial charge on any atom is -0.384 e. The number of benzene rings is 1. The van der Waals surface area contributed by atoms with Crippen LogP contribution in [0.3, 0.4) is 0 Å². The molecular weight excluding hydrogens is 252 g/mol. The Morgan fingerprint density at radius 1 is 1.35 bits per heavy atom. The number of hydrogen-bond acceptors (Lipinski definition) is 4. The molecule has 1 aromatic heterocycles. The smallest absolute Gasteiger partial charge is 0.0783 e. The standard InChI is InChI=1S/C15H20N4O/c1-20-9-8-12-4-2-3-5-15(12)19-14(11-17-18-19)10-16-13-6-7-13/h2-5,11,13,16H,6-10H2,1H3. The number of ether oxygens (including phenoxy) is 1. The minimum atomic E-state index is 0.682. The molecule has 0 radical (unpaired) electrons. The summed E-state index contributed by atoms with van der Waals surface area (Å²) in [6.45, 7) is 1.53. The highest BCUT2D eigenvalue weighted by atomic mass is 16.5. The first-order valence-corrected chi connectivity index (χ1v) is 7.08. The van der Waals surface area contributed by atoms with Crippen LogP contribution < -0.4 is 5.32 Å². The Labute approximate surface area is 118 Å². The normalized spacial score (nSPS) is 14.7.